The summed E-state index contributed by atoms with van der Waals surface area (Å²) in [7, 11) is 2.11. The summed E-state index contributed by atoms with van der Waals surface area (Å²) >= 11 is 0. The summed E-state index contributed by atoms with van der Waals surface area (Å²) in [5.74, 6) is 0.857. The fourth-order valence-electron chi connectivity index (χ4n) is 2.36. The molecule has 1 saturated carbocycles. The molecule has 0 bridgehead atoms. The van der Waals surface area contributed by atoms with E-state index in [0.29, 0.717) is 0 Å². The van der Waals surface area contributed by atoms with Crippen LogP contribution in [-0.4, -0.2) is 10.6 Å². The van der Waals surface area contributed by atoms with Gasteiger partial charge in [0, 0.05) is 31.5 Å². The van der Waals surface area contributed by atoms with Crippen LogP contribution in [0.3, 0.4) is 0 Å². The van der Waals surface area contributed by atoms with E-state index in [-0.39, 0.29) is 0 Å². The average Bonchev–Trinajstić information content (AvgIpc) is 2.72. The van der Waals surface area contributed by atoms with Crippen LogP contribution in [0.25, 0.3) is 0 Å². The molecule has 0 amide bonds. The lowest BCUT2D eigenvalue weighted by Gasteiger charge is -2.17. The fourth-order valence-corrected chi connectivity index (χ4v) is 2.36. The zero-order chi connectivity index (χ0) is 9.97. The predicted molar refractivity (Wildman–Crippen MR) is 59.1 cm³/mol. The Morgan fingerprint density at radius 3 is 2.93 bits per heavy atom. The molecule has 2 heteroatoms. The molecule has 2 rings (SSSR count). The molecule has 1 aliphatic rings. The summed E-state index contributed by atoms with van der Waals surface area (Å²) in [6.45, 7) is 3.37. The molecule has 0 aromatic carbocycles. The Labute approximate surface area is 86.3 Å². The molecule has 78 valence electrons. The van der Waals surface area contributed by atoms with Crippen molar-refractivity contribution in [2.24, 2.45) is 13.0 Å². The van der Waals surface area contributed by atoms with E-state index < -0.39 is 0 Å². The Morgan fingerprint density at radius 1 is 1.50 bits per heavy atom. The monoisotopic (exact) mass is 192 g/mol. The molecule has 1 N–H and O–H groups in total. The zero-order valence-corrected chi connectivity index (χ0v) is 9.16. The summed E-state index contributed by atoms with van der Waals surface area (Å²) in [5, 5.41) is 3.65. The Bertz CT molecular complexity index is 290. The van der Waals surface area contributed by atoms with Crippen molar-refractivity contribution < 1.29 is 0 Å². The van der Waals surface area contributed by atoms with E-state index in [9.17, 15) is 0 Å². The second-order valence-electron chi connectivity index (χ2n) is 4.51. The van der Waals surface area contributed by atoms with Crippen LogP contribution in [0.15, 0.2) is 18.3 Å². The molecule has 14 heavy (non-hydrogen) atoms. The standard InChI is InChI=1S/C12H20N2/c1-10-5-3-7-12(10)13-9-11-6-4-8-14(11)2/h4,6,8,10,12-13H,3,5,7,9H2,1-2H3/t10?,12-/m0/s1. The third kappa shape index (κ3) is 2.01. The fraction of sp³-hybridized carbons (Fsp3) is 0.667. The van der Waals surface area contributed by atoms with Gasteiger partial charge in [0.05, 0.1) is 0 Å². The third-order valence-corrected chi connectivity index (χ3v) is 3.46. The van der Waals surface area contributed by atoms with Crippen molar-refractivity contribution >= 4 is 0 Å². The van der Waals surface area contributed by atoms with Crippen LogP contribution in [0, 0.1) is 5.92 Å². The first-order chi connectivity index (χ1) is 6.77. The van der Waals surface area contributed by atoms with E-state index >= 15 is 0 Å². The molecule has 1 heterocycles. The van der Waals surface area contributed by atoms with Gasteiger partial charge in [0.1, 0.15) is 0 Å². The molecular weight excluding hydrogens is 172 g/mol. The number of aromatic nitrogens is 1. The highest BCUT2D eigenvalue weighted by Crippen LogP contribution is 2.24. The maximum absolute atomic E-state index is 3.65. The zero-order valence-electron chi connectivity index (χ0n) is 9.16. The molecule has 0 saturated heterocycles. The number of nitrogens with zero attached hydrogens (tertiary/aromatic N) is 1. The minimum absolute atomic E-state index is 0.741. The van der Waals surface area contributed by atoms with Gasteiger partial charge in [-0.15, -0.1) is 0 Å². The van der Waals surface area contributed by atoms with Crippen molar-refractivity contribution in [1.82, 2.24) is 9.88 Å². The van der Waals surface area contributed by atoms with Gasteiger partial charge < -0.3 is 9.88 Å². The topological polar surface area (TPSA) is 17.0 Å². The van der Waals surface area contributed by atoms with E-state index in [2.05, 4.69) is 42.2 Å². The van der Waals surface area contributed by atoms with Crippen LogP contribution in [0.1, 0.15) is 31.9 Å². The Balaban J connectivity index is 1.85. The van der Waals surface area contributed by atoms with Crippen molar-refractivity contribution in [3.63, 3.8) is 0 Å². The number of hydrogen-bond acceptors (Lipinski definition) is 1. The third-order valence-electron chi connectivity index (χ3n) is 3.46. The predicted octanol–water partition coefficient (Wildman–Crippen LogP) is 2.30. The molecular formula is C12H20N2. The van der Waals surface area contributed by atoms with E-state index in [0.717, 1.165) is 18.5 Å². The van der Waals surface area contributed by atoms with Crippen molar-refractivity contribution in [1.29, 1.82) is 0 Å². The Kier molecular flexibility index (Phi) is 2.92. The van der Waals surface area contributed by atoms with Crippen LogP contribution in [0.5, 0.6) is 0 Å². The minimum atomic E-state index is 0.741. The first-order valence-corrected chi connectivity index (χ1v) is 5.61. The van der Waals surface area contributed by atoms with Gasteiger partial charge in [0.2, 0.25) is 0 Å². The molecule has 0 aliphatic heterocycles. The molecule has 1 aromatic rings. The van der Waals surface area contributed by atoms with Crippen LogP contribution >= 0.6 is 0 Å². The SMILES string of the molecule is CC1CCC[C@@H]1NCc1cccn1C. The highest BCUT2D eigenvalue weighted by Gasteiger charge is 2.22. The lowest BCUT2D eigenvalue weighted by molar-refractivity contribution is 0.421. The Hall–Kier alpha value is -0.760. The van der Waals surface area contributed by atoms with Gasteiger partial charge in [-0.05, 0) is 30.9 Å². The summed E-state index contributed by atoms with van der Waals surface area (Å²) in [6, 6.07) is 5.03. The van der Waals surface area contributed by atoms with E-state index in [1.165, 1.54) is 25.0 Å². The quantitative estimate of drug-likeness (QED) is 0.777. The summed E-state index contributed by atoms with van der Waals surface area (Å²) in [5.41, 5.74) is 1.38. The van der Waals surface area contributed by atoms with E-state index in [4.69, 9.17) is 0 Å². The summed E-state index contributed by atoms with van der Waals surface area (Å²) < 4.78 is 2.19. The van der Waals surface area contributed by atoms with Crippen molar-refractivity contribution in [3.8, 4) is 0 Å². The molecule has 1 unspecified atom stereocenters. The molecule has 1 aliphatic carbocycles. The highest BCUT2D eigenvalue weighted by atomic mass is 15.0. The molecule has 2 nitrogen and oxygen atoms in total. The molecule has 2 atom stereocenters. The second-order valence-corrected chi connectivity index (χ2v) is 4.51. The smallest absolute Gasteiger partial charge is 0.0361 e. The summed E-state index contributed by atoms with van der Waals surface area (Å²) in [4.78, 5) is 0. The van der Waals surface area contributed by atoms with Crippen LogP contribution in [0.4, 0.5) is 0 Å². The van der Waals surface area contributed by atoms with Gasteiger partial charge in [-0.3, -0.25) is 0 Å². The number of nitrogens with one attached hydrogen (secondary N) is 1. The van der Waals surface area contributed by atoms with E-state index in [1.807, 2.05) is 0 Å². The molecule has 1 fully saturated rings. The minimum Gasteiger partial charge on any atom is -0.353 e. The second kappa shape index (κ2) is 4.18. The molecule has 0 spiro atoms. The van der Waals surface area contributed by atoms with Gasteiger partial charge >= 0.3 is 0 Å². The van der Waals surface area contributed by atoms with Gasteiger partial charge in [-0.1, -0.05) is 13.3 Å². The molecule has 1 aromatic heterocycles. The maximum atomic E-state index is 3.65. The maximum Gasteiger partial charge on any atom is 0.0361 e. The normalized spacial score (nSPS) is 27.0. The average molecular weight is 192 g/mol. The van der Waals surface area contributed by atoms with Gasteiger partial charge in [-0.25, -0.2) is 0 Å². The van der Waals surface area contributed by atoms with E-state index in [1.54, 1.807) is 0 Å². The van der Waals surface area contributed by atoms with Crippen molar-refractivity contribution in [3.05, 3.63) is 24.0 Å². The highest BCUT2D eigenvalue weighted by molar-refractivity contribution is 5.06. The first kappa shape index (κ1) is 9.78. The largest absolute Gasteiger partial charge is 0.353 e. The molecule has 0 radical (unpaired) electrons. The van der Waals surface area contributed by atoms with Gasteiger partial charge in [-0.2, -0.15) is 0 Å². The van der Waals surface area contributed by atoms with Gasteiger partial charge in [0.25, 0.3) is 0 Å². The number of rotatable bonds is 3. The summed E-state index contributed by atoms with van der Waals surface area (Å²) in [6.07, 6.45) is 6.25. The Morgan fingerprint density at radius 2 is 2.36 bits per heavy atom. The first-order valence-electron chi connectivity index (χ1n) is 5.61. The lowest BCUT2D eigenvalue weighted by atomic mass is 10.1. The van der Waals surface area contributed by atoms with Crippen LogP contribution in [0.2, 0.25) is 0 Å². The van der Waals surface area contributed by atoms with Crippen LogP contribution in [-0.2, 0) is 13.6 Å². The van der Waals surface area contributed by atoms with Crippen molar-refractivity contribution in [2.45, 2.75) is 38.8 Å². The van der Waals surface area contributed by atoms with Crippen molar-refractivity contribution in [2.75, 3.05) is 0 Å². The van der Waals surface area contributed by atoms with Gasteiger partial charge in [0.15, 0.2) is 0 Å². The number of aryl methyl sites for hydroxylation is 1. The van der Waals surface area contributed by atoms with Crippen LogP contribution < -0.4 is 5.32 Å². The number of hydrogen-bond donors (Lipinski definition) is 1. The lowest BCUT2D eigenvalue weighted by Crippen LogP contribution is -2.31.